The lowest BCUT2D eigenvalue weighted by atomic mass is 10.0. The summed E-state index contributed by atoms with van der Waals surface area (Å²) >= 11 is 0. The zero-order chi connectivity index (χ0) is 18.1. The van der Waals surface area contributed by atoms with Crippen molar-refractivity contribution >= 4 is 27.0 Å². The summed E-state index contributed by atoms with van der Waals surface area (Å²) in [5.74, 6) is 0.946. The fourth-order valence-electron chi connectivity index (χ4n) is 2.55. The first-order chi connectivity index (χ1) is 11.2. The molecule has 0 atom stereocenters. The Labute approximate surface area is 141 Å². The summed E-state index contributed by atoms with van der Waals surface area (Å²) in [6, 6.07) is 3.90. The molecule has 24 heavy (non-hydrogen) atoms. The van der Waals surface area contributed by atoms with Gasteiger partial charge in [0.15, 0.2) is 0 Å². The largest absolute Gasteiger partial charge is 0.361 e. The average Bonchev–Trinajstić information content (AvgIpc) is 3.02. The zero-order valence-corrected chi connectivity index (χ0v) is 15.5. The third-order valence-corrected chi connectivity index (χ3v) is 3.95. The van der Waals surface area contributed by atoms with Gasteiger partial charge in [-0.25, -0.2) is 13.4 Å². The summed E-state index contributed by atoms with van der Waals surface area (Å²) < 4.78 is 30.2. The molecule has 2 aromatic heterocycles. The number of aromatic amines is 1. The second-order valence-electron chi connectivity index (χ2n) is 5.35. The van der Waals surface area contributed by atoms with Gasteiger partial charge in [0.25, 0.3) is 0 Å². The molecule has 7 nitrogen and oxygen atoms in total. The van der Waals surface area contributed by atoms with Crippen LogP contribution in [-0.2, 0) is 10.0 Å². The van der Waals surface area contributed by atoms with Crippen LogP contribution >= 0.6 is 0 Å². The summed E-state index contributed by atoms with van der Waals surface area (Å²) in [5.41, 5.74) is 5.12. The molecule has 3 aromatic rings. The molecule has 0 radical (unpaired) electrons. The van der Waals surface area contributed by atoms with Crippen LogP contribution in [0.5, 0.6) is 0 Å². The van der Waals surface area contributed by atoms with Crippen molar-refractivity contribution in [3.05, 3.63) is 29.2 Å². The number of nitrogens with zero attached hydrogens (tertiary/aromatic N) is 2. The molecule has 0 aliphatic rings. The van der Waals surface area contributed by atoms with Gasteiger partial charge in [-0.05, 0) is 44.0 Å². The van der Waals surface area contributed by atoms with Crippen LogP contribution in [0.1, 0.15) is 30.9 Å². The first-order valence-electron chi connectivity index (χ1n) is 7.66. The van der Waals surface area contributed by atoms with Crippen molar-refractivity contribution in [3.8, 4) is 11.1 Å². The van der Waals surface area contributed by atoms with Crippen LogP contribution in [0, 0.1) is 20.8 Å². The third-order valence-electron chi connectivity index (χ3n) is 3.38. The number of H-pyrrole nitrogens is 1. The molecule has 2 heterocycles. The van der Waals surface area contributed by atoms with Crippen molar-refractivity contribution in [2.45, 2.75) is 34.6 Å². The standard InChI is InChI=1S/C14H16N4O3S.C2H6/c1-7-5-10(12-8(2)17-21-9(12)3)6-11-13(7)16-14(15-11)18-22(4,19)20;1-2/h5-6H,1-4H3,(H2,15,16,18);1-2H3. The molecule has 3 rings (SSSR count). The Morgan fingerprint density at radius 2 is 1.83 bits per heavy atom. The van der Waals surface area contributed by atoms with Gasteiger partial charge >= 0.3 is 0 Å². The Morgan fingerprint density at radius 1 is 1.17 bits per heavy atom. The zero-order valence-electron chi connectivity index (χ0n) is 14.7. The van der Waals surface area contributed by atoms with Crippen LogP contribution in [0.4, 0.5) is 5.95 Å². The molecule has 0 fully saturated rings. The van der Waals surface area contributed by atoms with Gasteiger partial charge in [0, 0.05) is 5.56 Å². The second kappa shape index (κ2) is 6.64. The van der Waals surface area contributed by atoms with Gasteiger partial charge in [-0.15, -0.1) is 0 Å². The number of hydrogen-bond acceptors (Lipinski definition) is 5. The van der Waals surface area contributed by atoms with Gasteiger partial charge in [0.1, 0.15) is 5.76 Å². The lowest BCUT2D eigenvalue weighted by molar-refractivity contribution is 0.393. The SMILES string of the molecule is CC.Cc1noc(C)c1-c1cc(C)c2nc(NS(C)(=O)=O)[nH]c2c1. The van der Waals surface area contributed by atoms with E-state index in [0.717, 1.165) is 45.4 Å². The summed E-state index contributed by atoms with van der Waals surface area (Å²) in [5, 5.41) is 3.96. The minimum absolute atomic E-state index is 0.205. The van der Waals surface area contributed by atoms with E-state index >= 15 is 0 Å². The molecule has 0 saturated carbocycles. The maximum atomic E-state index is 11.3. The molecule has 1 aromatic carbocycles. The third kappa shape index (κ3) is 3.59. The maximum absolute atomic E-state index is 11.3. The highest BCUT2D eigenvalue weighted by Crippen LogP contribution is 2.31. The van der Waals surface area contributed by atoms with Gasteiger partial charge < -0.3 is 9.51 Å². The van der Waals surface area contributed by atoms with Crippen LogP contribution in [0.15, 0.2) is 16.7 Å². The van der Waals surface area contributed by atoms with E-state index in [1.54, 1.807) is 0 Å². The number of aryl methyl sites for hydroxylation is 3. The van der Waals surface area contributed by atoms with Crippen molar-refractivity contribution < 1.29 is 12.9 Å². The highest BCUT2D eigenvalue weighted by atomic mass is 32.2. The molecule has 0 bridgehead atoms. The molecular weight excluding hydrogens is 328 g/mol. The summed E-state index contributed by atoms with van der Waals surface area (Å²) in [6.45, 7) is 9.67. The molecule has 130 valence electrons. The summed E-state index contributed by atoms with van der Waals surface area (Å²) in [4.78, 5) is 7.26. The highest BCUT2D eigenvalue weighted by molar-refractivity contribution is 7.91. The molecular formula is C16H22N4O3S. The van der Waals surface area contributed by atoms with Crippen LogP contribution < -0.4 is 4.72 Å². The van der Waals surface area contributed by atoms with Crippen molar-refractivity contribution in [1.29, 1.82) is 0 Å². The van der Waals surface area contributed by atoms with Gasteiger partial charge in [0.2, 0.25) is 16.0 Å². The number of aromatic nitrogens is 3. The van der Waals surface area contributed by atoms with Crippen molar-refractivity contribution in [2.24, 2.45) is 0 Å². The molecule has 0 aliphatic carbocycles. The Balaban J connectivity index is 0.00000100. The van der Waals surface area contributed by atoms with E-state index in [0.29, 0.717) is 0 Å². The molecule has 0 spiro atoms. The quantitative estimate of drug-likeness (QED) is 0.752. The topological polar surface area (TPSA) is 101 Å². The molecule has 0 aliphatic heterocycles. The van der Waals surface area contributed by atoms with Gasteiger partial charge in [0.05, 0.1) is 23.0 Å². The number of nitrogens with one attached hydrogen (secondary N) is 2. The minimum Gasteiger partial charge on any atom is -0.361 e. The van der Waals surface area contributed by atoms with E-state index in [2.05, 4.69) is 19.8 Å². The molecule has 2 N–H and O–H groups in total. The van der Waals surface area contributed by atoms with Crippen LogP contribution in [-0.4, -0.2) is 29.8 Å². The van der Waals surface area contributed by atoms with E-state index in [1.165, 1.54) is 0 Å². The van der Waals surface area contributed by atoms with Crippen LogP contribution in [0.3, 0.4) is 0 Å². The predicted octanol–water partition coefficient (Wildman–Crippen LogP) is 3.54. The Bertz CT molecular complexity index is 951. The van der Waals surface area contributed by atoms with E-state index in [1.807, 2.05) is 46.8 Å². The van der Waals surface area contributed by atoms with E-state index in [9.17, 15) is 8.42 Å². The van der Waals surface area contributed by atoms with Gasteiger partial charge in [-0.1, -0.05) is 19.0 Å². The van der Waals surface area contributed by atoms with Gasteiger partial charge in [-0.3, -0.25) is 4.72 Å². The first-order valence-corrected chi connectivity index (χ1v) is 9.55. The van der Waals surface area contributed by atoms with Crippen molar-refractivity contribution in [1.82, 2.24) is 15.1 Å². The van der Waals surface area contributed by atoms with Crippen molar-refractivity contribution in [3.63, 3.8) is 0 Å². The highest BCUT2D eigenvalue weighted by Gasteiger charge is 2.15. The lowest BCUT2D eigenvalue weighted by Gasteiger charge is -2.03. The Kier molecular flexibility index (Phi) is 4.98. The fourth-order valence-corrected chi connectivity index (χ4v) is 3.00. The summed E-state index contributed by atoms with van der Waals surface area (Å²) in [6.07, 6.45) is 1.09. The van der Waals surface area contributed by atoms with Crippen molar-refractivity contribution in [2.75, 3.05) is 11.0 Å². The van der Waals surface area contributed by atoms with E-state index in [-0.39, 0.29) is 5.95 Å². The Hall–Kier alpha value is -2.35. The molecule has 0 unspecified atom stereocenters. The fraction of sp³-hybridized carbons (Fsp3) is 0.375. The number of rotatable bonds is 3. The first kappa shape index (κ1) is 18.0. The molecule has 0 saturated heterocycles. The smallest absolute Gasteiger partial charge is 0.232 e. The van der Waals surface area contributed by atoms with E-state index in [4.69, 9.17) is 4.52 Å². The lowest BCUT2D eigenvalue weighted by Crippen LogP contribution is -2.10. The average molecular weight is 350 g/mol. The number of imidazole rings is 1. The Morgan fingerprint density at radius 3 is 2.38 bits per heavy atom. The van der Waals surface area contributed by atoms with Crippen LogP contribution in [0.25, 0.3) is 22.2 Å². The number of anilines is 1. The number of hydrogen-bond donors (Lipinski definition) is 2. The number of sulfonamides is 1. The predicted molar refractivity (Wildman–Crippen MR) is 95.6 cm³/mol. The maximum Gasteiger partial charge on any atom is 0.232 e. The molecule has 8 heteroatoms. The molecule has 0 amide bonds. The summed E-state index contributed by atoms with van der Waals surface area (Å²) in [7, 11) is -3.37. The van der Waals surface area contributed by atoms with Crippen LogP contribution in [0.2, 0.25) is 0 Å². The van der Waals surface area contributed by atoms with Gasteiger partial charge in [-0.2, -0.15) is 0 Å². The normalized spacial score (nSPS) is 11.2. The number of benzene rings is 1. The second-order valence-corrected chi connectivity index (χ2v) is 7.10. The minimum atomic E-state index is -3.37. The van der Waals surface area contributed by atoms with E-state index < -0.39 is 10.0 Å². The monoisotopic (exact) mass is 350 g/mol. The number of fused-ring (bicyclic) bond motifs is 1.